The van der Waals surface area contributed by atoms with Crippen LogP contribution in [-0.2, 0) is 9.84 Å². The quantitative estimate of drug-likeness (QED) is 0.890. The average molecular weight is 266 g/mol. The summed E-state index contributed by atoms with van der Waals surface area (Å²) in [6.07, 6.45) is 0.833. The molecule has 1 rings (SSSR count). The number of carboxylic acids is 1. The Kier molecular flexibility index (Phi) is 3.66. The van der Waals surface area contributed by atoms with E-state index in [1.54, 1.807) is 0 Å². The van der Waals surface area contributed by atoms with Crippen molar-refractivity contribution in [2.24, 2.45) is 0 Å². The molecule has 1 aromatic rings. The standard InChI is InChI=1S/C9H8F2O5S/c1-17(14,15)7-3-5(8(12)13)2-6(4-7)16-9(10)11/h2-4,9H,1H3,(H,12,13). The molecule has 0 fully saturated rings. The van der Waals surface area contributed by atoms with Gasteiger partial charge in [-0.3, -0.25) is 0 Å². The van der Waals surface area contributed by atoms with Gasteiger partial charge in [-0.1, -0.05) is 0 Å². The minimum atomic E-state index is -3.71. The van der Waals surface area contributed by atoms with E-state index in [0.29, 0.717) is 0 Å². The van der Waals surface area contributed by atoms with Crippen molar-refractivity contribution in [1.29, 1.82) is 0 Å². The minimum absolute atomic E-state index is 0.395. The second kappa shape index (κ2) is 4.66. The Balaban J connectivity index is 3.34. The summed E-state index contributed by atoms with van der Waals surface area (Å²) in [6, 6.07) is 2.53. The molecule has 0 saturated heterocycles. The van der Waals surface area contributed by atoms with Crippen molar-refractivity contribution in [3.8, 4) is 5.75 Å². The van der Waals surface area contributed by atoms with Gasteiger partial charge in [0.05, 0.1) is 10.5 Å². The molecule has 1 aromatic carbocycles. The highest BCUT2D eigenvalue weighted by molar-refractivity contribution is 7.90. The Bertz CT molecular complexity index is 538. The Morgan fingerprint density at radius 2 is 1.94 bits per heavy atom. The molecule has 94 valence electrons. The van der Waals surface area contributed by atoms with Crippen LogP contribution in [0.4, 0.5) is 8.78 Å². The van der Waals surface area contributed by atoms with Crippen LogP contribution in [0.1, 0.15) is 10.4 Å². The van der Waals surface area contributed by atoms with Gasteiger partial charge in [-0.05, 0) is 18.2 Å². The smallest absolute Gasteiger partial charge is 0.387 e. The molecule has 0 atom stereocenters. The fraction of sp³-hybridized carbons (Fsp3) is 0.222. The van der Waals surface area contributed by atoms with Crippen molar-refractivity contribution in [3.05, 3.63) is 23.8 Å². The predicted molar refractivity (Wildman–Crippen MR) is 53.1 cm³/mol. The topological polar surface area (TPSA) is 80.7 Å². The van der Waals surface area contributed by atoms with Crippen LogP contribution in [0.2, 0.25) is 0 Å². The van der Waals surface area contributed by atoms with E-state index < -0.39 is 38.6 Å². The lowest BCUT2D eigenvalue weighted by Gasteiger charge is -2.07. The molecule has 8 heteroatoms. The van der Waals surface area contributed by atoms with E-state index in [4.69, 9.17) is 5.11 Å². The van der Waals surface area contributed by atoms with Gasteiger partial charge in [0.15, 0.2) is 9.84 Å². The fourth-order valence-electron chi connectivity index (χ4n) is 1.08. The summed E-state index contributed by atoms with van der Waals surface area (Å²) < 4.78 is 50.3. The molecule has 0 bridgehead atoms. The number of hydrogen-bond acceptors (Lipinski definition) is 4. The summed E-state index contributed by atoms with van der Waals surface area (Å²) in [7, 11) is -3.71. The van der Waals surface area contributed by atoms with E-state index in [2.05, 4.69) is 4.74 Å². The average Bonchev–Trinajstić information content (AvgIpc) is 2.14. The maximum absolute atomic E-state index is 12.0. The van der Waals surface area contributed by atoms with Crippen LogP contribution in [0, 0.1) is 0 Å². The number of carboxylic acid groups (broad SMARTS) is 1. The van der Waals surface area contributed by atoms with E-state index in [1.165, 1.54) is 0 Å². The summed E-state index contributed by atoms with van der Waals surface area (Å²) in [4.78, 5) is 10.3. The number of rotatable bonds is 4. The number of benzene rings is 1. The van der Waals surface area contributed by atoms with Gasteiger partial charge in [0.2, 0.25) is 0 Å². The zero-order valence-electron chi connectivity index (χ0n) is 8.55. The molecule has 5 nitrogen and oxygen atoms in total. The minimum Gasteiger partial charge on any atom is -0.478 e. The Morgan fingerprint density at radius 3 is 2.35 bits per heavy atom. The van der Waals surface area contributed by atoms with Crippen molar-refractivity contribution in [1.82, 2.24) is 0 Å². The van der Waals surface area contributed by atoms with E-state index >= 15 is 0 Å². The number of carbonyl (C=O) groups is 1. The Hall–Kier alpha value is -1.70. The Morgan fingerprint density at radius 1 is 1.35 bits per heavy atom. The lowest BCUT2D eigenvalue weighted by atomic mass is 10.2. The highest BCUT2D eigenvalue weighted by atomic mass is 32.2. The van der Waals surface area contributed by atoms with Crippen molar-refractivity contribution in [2.75, 3.05) is 6.26 Å². The van der Waals surface area contributed by atoms with E-state index in [-0.39, 0.29) is 0 Å². The van der Waals surface area contributed by atoms with Gasteiger partial charge >= 0.3 is 12.6 Å². The van der Waals surface area contributed by atoms with Crippen LogP contribution in [0.15, 0.2) is 23.1 Å². The number of halogens is 2. The Labute approximate surface area is 95.6 Å². The lowest BCUT2D eigenvalue weighted by Crippen LogP contribution is -2.07. The van der Waals surface area contributed by atoms with Gasteiger partial charge in [0.25, 0.3) is 0 Å². The summed E-state index contributed by atoms with van der Waals surface area (Å²) in [5.41, 5.74) is -0.441. The normalized spacial score (nSPS) is 11.5. The first-order valence-electron chi connectivity index (χ1n) is 4.23. The molecular weight excluding hydrogens is 258 g/mol. The molecule has 1 N–H and O–H groups in total. The van der Waals surface area contributed by atoms with E-state index in [0.717, 1.165) is 24.5 Å². The van der Waals surface area contributed by atoms with Gasteiger partial charge in [-0.2, -0.15) is 8.78 Å². The van der Waals surface area contributed by atoms with Gasteiger partial charge < -0.3 is 9.84 Å². The molecule has 0 spiro atoms. The molecule has 0 amide bonds. The monoisotopic (exact) mass is 266 g/mol. The first-order chi connectivity index (χ1) is 7.70. The van der Waals surface area contributed by atoms with Crippen LogP contribution in [0.25, 0.3) is 0 Å². The second-order valence-electron chi connectivity index (χ2n) is 3.15. The molecular formula is C9H8F2O5S. The first-order valence-corrected chi connectivity index (χ1v) is 6.12. The zero-order chi connectivity index (χ0) is 13.2. The molecule has 0 radical (unpaired) electrons. The molecule has 0 unspecified atom stereocenters. The summed E-state index contributed by atoms with van der Waals surface area (Å²) >= 11 is 0. The molecule has 0 aromatic heterocycles. The SMILES string of the molecule is CS(=O)(=O)c1cc(OC(F)F)cc(C(=O)O)c1. The molecule has 17 heavy (non-hydrogen) atoms. The van der Waals surface area contributed by atoms with Gasteiger partial charge in [-0.15, -0.1) is 0 Å². The zero-order valence-corrected chi connectivity index (χ0v) is 9.37. The fourth-order valence-corrected chi connectivity index (χ4v) is 1.75. The van der Waals surface area contributed by atoms with Gasteiger partial charge in [0.1, 0.15) is 5.75 Å². The van der Waals surface area contributed by atoms with Crippen LogP contribution >= 0.6 is 0 Å². The van der Waals surface area contributed by atoms with Crippen LogP contribution in [0.5, 0.6) is 5.75 Å². The third-order valence-electron chi connectivity index (χ3n) is 1.78. The van der Waals surface area contributed by atoms with Crippen molar-refractivity contribution < 1.29 is 31.8 Å². The molecule has 0 saturated carbocycles. The van der Waals surface area contributed by atoms with Crippen LogP contribution in [-0.4, -0.2) is 32.4 Å². The summed E-state index contributed by atoms with van der Waals surface area (Å²) in [5, 5.41) is 8.70. The number of alkyl halides is 2. The number of aromatic carboxylic acids is 1. The molecule has 0 aliphatic carbocycles. The predicted octanol–water partition coefficient (Wildman–Crippen LogP) is 1.39. The van der Waals surface area contributed by atoms with Crippen LogP contribution in [0.3, 0.4) is 0 Å². The van der Waals surface area contributed by atoms with E-state index in [9.17, 15) is 22.0 Å². The molecule has 0 heterocycles. The highest BCUT2D eigenvalue weighted by Crippen LogP contribution is 2.22. The van der Waals surface area contributed by atoms with E-state index in [1.807, 2.05) is 0 Å². The van der Waals surface area contributed by atoms with Crippen LogP contribution < -0.4 is 4.74 Å². The first kappa shape index (κ1) is 13.4. The number of ether oxygens (including phenoxy) is 1. The van der Waals surface area contributed by atoms with Crippen molar-refractivity contribution in [3.63, 3.8) is 0 Å². The van der Waals surface area contributed by atoms with Crippen molar-refractivity contribution >= 4 is 15.8 Å². The number of sulfone groups is 1. The number of hydrogen-bond donors (Lipinski definition) is 1. The summed E-state index contributed by atoms with van der Waals surface area (Å²) in [5.74, 6) is -1.95. The molecule has 0 aliphatic rings. The van der Waals surface area contributed by atoms with Crippen molar-refractivity contribution in [2.45, 2.75) is 11.5 Å². The summed E-state index contributed by atoms with van der Waals surface area (Å²) in [6.45, 7) is -3.16. The largest absolute Gasteiger partial charge is 0.478 e. The van der Waals surface area contributed by atoms with Gasteiger partial charge in [-0.25, -0.2) is 13.2 Å². The third-order valence-corrected chi connectivity index (χ3v) is 2.87. The second-order valence-corrected chi connectivity index (χ2v) is 5.16. The molecule has 0 aliphatic heterocycles. The maximum atomic E-state index is 12.0. The third kappa shape index (κ3) is 3.66. The maximum Gasteiger partial charge on any atom is 0.387 e. The highest BCUT2D eigenvalue weighted by Gasteiger charge is 2.16. The lowest BCUT2D eigenvalue weighted by molar-refractivity contribution is -0.0500. The van der Waals surface area contributed by atoms with Gasteiger partial charge in [0, 0.05) is 6.26 Å².